The third-order valence-electron chi connectivity index (χ3n) is 4.75. The third kappa shape index (κ3) is 5.64. The molecule has 2 aromatic carbocycles. The van der Waals surface area contributed by atoms with Gasteiger partial charge in [-0.3, -0.25) is 4.79 Å². The maximum Gasteiger partial charge on any atom is 0.417 e. The number of nitrogens with zero attached hydrogens (tertiary/aromatic N) is 2. The standard InChI is InChI=1S/C24H17ClF4N2O3/c1-23(2,21(32)18(12-30)17-5-3-4-6-20(17)26)34-16-9-7-15(8-10-16)33-22-19(25)11-14(13-31-22)24(27,28)29/h3-11,13,18H,1-2H3. The molecule has 1 heterocycles. The molecule has 0 aliphatic heterocycles. The molecule has 34 heavy (non-hydrogen) atoms. The molecular formula is C24H17ClF4N2O3. The number of ether oxygens (including phenoxy) is 2. The van der Waals surface area contributed by atoms with Crippen molar-refractivity contribution in [3.63, 3.8) is 0 Å². The lowest BCUT2D eigenvalue weighted by atomic mass is 9.87. The van der Waals surface area contributed by atoms with Gasteiger partial charge in [-0.05, 0) is 50.2 Å². The number of pyridine rings is 1. The number of ketones is 1. The number of carbonyl (C=O) groups is 1. The number of hydrogen-bond acceptors (Lipinski definition) is 5. The zero-order valence-electron chi connectivity index (χ0n) is 17.9. The SMILES string of the molecule is CC(C)(Oc1ccc(Oc2ncc(C(F)(F)F)cc2Cl)cc1)C(=O)C(C#N)c1ccccc1F. The molecule has 0 N–H and O–H groups in total. The van der Waals surface area contributed by atoms with Crippen LogP contribution in [0.1, 0.15) is 30.9 Å². The van der Waals surface area contributed by atoms with Crippen LogP contribution >= 0.6 is 11.6 Å². The Balaban J connectivity index is 1.73. The van der Waals surface area contributed by atoms with Gasteiger partial charge in [0.25, 0.3) is 0 Å². The van der Waals surface area contributed by atoms with E-state index in [0.717, 1.165) is 6.07 Å². The quantitative estimate of drug-likeness (QED) is 0.342. The number of aromatic nitrogens is 1. The van der Waals surface area contributed by atoms with Gasteiger partial charge in [-0.2, -0.15) is 18.4 Å². The summed E-state index contributed by atoms with van der Waals surface area (Å²) < 4.78 is 63.5. The number of alkyl halides is 3. The first-order chi connectivity index (χ1) is 15.9. The molecule has 0 spiro atoms. The summed E-state index contributed by atoms with van der Waals surface area (Å²) in [6.07, 6.45) is -3.98. The van der Waals surface area contributed by atoms with Gasteiger partial charge in [0.1, 0.15) is 28.3 Å². The van der Waals surface area contributed by atoms with Crippen LogP contribution in [0.4, 0.5) is 17.6 Å². The molecule has 0 bridgehead atoms. The molecule has 176 valence electrons. The smallest absolute Gasteiger partial charge is 0.417 e. The lowest BCUT2D eigenvalue weighted by molar-refractivity contribution is -0.137. The fraction of sp³-hybridized carbons (Fsp3) is 0.208. The van der Waals surface area contributed by atoms with E-state index in [1.807, 2.05) is 6.07 Å². The van der Waals surface area contributed by atoms with E-state index in [0.29, 0.717) is 12.3 Å². The number of Topliss-reactive ketones (excluding diaryl/α,β-unsaturated/α-hetero) is 1. The Morgan fingerprint density at radius 1 is 1.09 bits per heavy atom. The van der Waals surface area contributed by atoms with Crippen LogP contribution in [0.2, 0.25) is 5.02 Å². The monoisotopic (exact) mass is 492 g/mol. The van der Waals surface area contributed by atoms with Crippen molar-refractivity contribution in [1.29, 1.82) is 5.26 Å². The second-order valence-electron chi connectivity index (χ2n) is 7.64. The van der Waals surface area contributed by atoms with Gasteiger partial charge in [0.15, 0.2) is 11.4 Å². The first kappa shape index (κ1) is 25.0. The van der Waals surface area contributed by atoms with E-state index in [1.54, 1.807) is 0 Å². The molecule has 0 saturated heterocycles. The van der Waals surface area contributed by atoms with Crippen LogP contribution in [0.15, 0.2) is 60.8 Å². The summed E-state index contributed by atoms with van der Waals surface area (Å²) in [6.45, 7) is 2.91. The van der Waals surface area contributed by atoms with Gasteiger partial charge in [-0.25, -0.2) is 9.37 Å². The maximum atomic E-state index is 14.1. The molecule has 3 rings (SSSR count). The summed E-state index contributed by atoms with van der Waals surface area (Å²) in [6, 6.07) is 13.8. The average Bonchev–Trinajstić information content (AvgIpc) is 2.77. The zero-order valence-corrected chi connectivity index (χ0v) is 18.6. The fourth-order valence-electron chi connectivity index (χ4n) is 3.01. The summed E-state index contributed by atoms with van der Waals surface area (Å²) in [7, 11) is 0. The third-order valence-corrected chi connectivity index (χ3v) is 5.02. The van der Waals surface area contributed by atoms with Crippen LogP contribution < -0.4 is 9.47 Å². The molecule has 1 unspecified atom stereocenters. The van der Waals surface area contributed by atoms with E-state index in [1.165, 1.54) is 56.3 Å². The molecule has 1 aromatic heterocycles. The highest BCUT2D eigenvalue weighted by molar-refractivity contribution is 6.31. The Morgan fingerprint density at radius 2 is 1.71 bits per heavy atom. The summed E-state index contributed by atoms with van der Waals surface area (Å²) in [5.41, 5.74) is -2.54. The van der Waals surface area contributed by atoms with Crippen molar-refractivity contribution in [3.8, 4) is 23.4 Å². The minimum atomic E-state index is -4.59. The van der Waals surface area contributed by atoms with Crippen LogP contribution in [-0.4, -0.2) is 16.4 Å². The second kappa shape index (κ2) is 9.69. The van der Waals surface area contributed by atoms with Gasteiger partial charge in [0.2, 0.25) is 5.88 Å². The number of hydrogen-bond donors (Lipinski definition) is 0. The second-order valence-corrected chi connectivity index (χ2v) is 8.05. The summed E-state index contributed by atoms with van der Waals surface area (Å²) in [5, 5.41) is 9.15. The number of halogens is 5. The molecule has 3 aromatic rings. The molecule has 5 nitrogen and oxygen atoms in total. The first-order valence-electron chi connectivity index (χ1n) is 9.80. The first-order valence-corrected chi connectivity index (χ1v) is 10.2. The lowest BCUT2D eigenvalue weighted by Crippen LogP contribution is -2.41. The van der Waals surface area contributed by atoms with Crippen molar-refractivity contribution in [2.45, 2.75) is 31.5 Å². The van der Waals surface area contributed by atoms with Crippen LogP contribution in [0.3, 0.4) is 0 Å². The van der Waals surface area contributed by atoms with Crippen LogP contribution in [0.25, 0.3) is 0 Å². The van der Waals surface area contributed by atoms with Gasteiger partial charge in [-0.1, -0.05) is 29.8 Å². The number of carbonyl (C=O) groups excluding carboxylic acids is 1. The Kier molecular flexibility index (Phi) is 7.12. The van der Waals surface area contributed by atoms with Crippen LogP contribution in [0.5, 0.6) is 17.4 Å². The topological polar surface area (TPSA) is 72.2 Å². The summed E-state index contributed by atoms with van der Waals surface area (Å²) >= 11 is 5.84. The Morgan fingerprint density at radius 3 is 2.26 bits per heavy atom. The van der Waals surface area contributed by atoms with Crippen molar-refractivity contribution in [3.05, 3.63) is 82.8 Å². The van der Waals surface area contributed by atoms with E-state index < -0.39 is 34.9 Å². The van der Waals surface area contributed by atoms with E-state index in [-0.39, 0.29) is 28.0 Å². The van der Waals surface area contributed by atoms with Crippen LogP contribution in [-0.2, 0) is 11.0 Å². The summed E-state index contributed by atoms with van der Waals surface area (Å²) in [5.74, 6) is -2.46. The minimum Gasteiger partial charge on any atom is -0.480 e. The minimum absolute atomic E-state index is 0.0451. The van der Waals surface area contributed by atoms with Crippen molar-refractivity contribution < 1.29 is 31.8 Å². The van der Waals surface area contributed by atoms with Gasteiger partial charge in [0, 0.05) is 11.8 Å². The number of rotatable bonds is 7. The van der Waals surface area contributed by atoms with Crippen molar-refractivity contribution >= 4 is 17.4 Å². The van der Waals surface area contributed by atoms with Gasteiger partial charge in [0.05, 0.1) is 11.6 Å². The molecule has 0 saturated carbocycles. The molecule has 0 fully saturated rings. The molecule has 0 radical (unpaired) electrons. The van der Waals surface area contributed by atoms with E-state index in [4.69, 9.17) is 21.1 Å². The molecule has 0 aliphatic rings. The largest absolute Gasteiger partial charge is 0.480 e. The average molecular weight is 493 g/mol. The van der Waals surface area contributed by atoms with E-state index in [9.17, 15) is 27.6 Å². The van der Waals surface area contributed by atoms with Crippen molar-refractivity contribution in [2.24, 2.45) is 0 Å². The summed E-state index contributed by atoms with van der Waals surface area (Å²) in [4.78, 5) is 16.6. The highest BCUT2D eigenvalue weighted by Crippen LogP contribution is 2.35. The van der Waals surface area contributed by atoms with E-state index >= 15 is 0 Å². The molecule has 1 atom stereocenters. The number of benzene rings is 2. The maximum absolute atomic E-state index is 14.1. The predicted molar refractivity (Wildman–Crippen MR) is 115 cm³/mol. The Hall–Kier alpha value is -3.64. The van der Waals surface area contributed by atoms with Gasteiger partial charge < -0.3 is 9.47 Å². The van der Waals surface area contributed by atoms with Gasteiger partial charge in [-0.15, -0.1) is 0 Å². The van der Waals surface area contributed by atoms with E-state index in [2.05, 4.69) is 4.98 Å². The molecule has 0 amide bonds. The predicted octanol–water partition coefficient (Wildman–Crippen LogP) is 6.72. The normalized spacial score (nSPS) is 12.5. The van der Waals surface area contributed by atoms with Crippen molar-refractivity contribution in [1.82, 2.24) is 4.98 Å². The highest BCUT2D eigenvalue weighted by Gasteiger charge is 2.38. The molecular weight excluding hydrogens is 476 g/mol. The number of nitriles is 1. The lowest BCUT2D eigenvalue weighted by Gasteiger charge is -2.27. The zero-order chi connectivity index (χ0) is 25.1. The van der Waals surface area contributed by atoms with Crippen LogP contribution in [0, 0.1) is 17.1 Å². The van der Waals surface area contributed by atoms with Crippen molar-refractivity contribution in [2.75, 3.05) is 0 Å². The Bertz CT molecular complexity index is 1240. The Labute approximate surface area is 197 Å². The molecule has 10 heteroatoms. The highest BCUT2D eigenvalue weighted by atomic mass is 35.5. The van der Waals surface area contributed by atoms with Gasteiger partial charge >= 0.3 is 6.18 Å². The molecule has 0 aliphatic carbocycles. The fourth-order valence-corrected chi connectivity index (χ4v) is 3.22.